The number of nitrogens with zero attached hydrogens (tertiary/aromatic N) is 9. The van der Waals surface area contributed by atoms with Gasteiger partial charge in [0.25, 0.3) is 0 Å². The molecule has 1 aromatic rings. The molecular weight excluding hydrogens is 222 g/mol. The molecule has 9 nitrogen and oxygen atoms in total. The molecule has 0 amide bonds. The van der Waals surface area contributed by atoms with E-state index in [1.807, 2.05) is 0 Å². The molecule has 0 spiro atoms. The standard InChI is InChI=1S/C8H13N9/c1-2-3-4-17-8(6-12-15-10)7(13-16-17)5-11-14-9/h2-6H2,1H3. The molecule has 0 radical (unpaired) electrons. The second-order valence-electron chi connectivity index (χ2n) is 3.34. The van der Waals surface area contributed by atoms with Crippen molar-refractivity contribution in [3.8, 4) is 0 Å². The second-order valence-corrected chi connectivity index (χ2v) is 3.34. The van der Waals surface area contributed by atoms with E-state index in [-0.39, 0.29) is 13.1 Å². The van der Waals surface area contributed by atoms with Gasteiger partial charge in [-0.15, -0.1) is 5.10 Å². The maximum absolute atomic E-state index is 8.33. The van der Waals surface area contributed by atoms with Gasteiger partial charge in [0, 0.05) is 16.4 Å². The summed E-state index contributed by atoms with van der Waals surface area (Å²) in [4.78, 5) is 5.37. The zero-order chi connectivity index (χ0) is 12.5. The number of azide groups is 2. The minimum Gasteiger partial charge on any atom is -0.249 e. The molecule has 0 aliphatic rings. The lowest BCUT2D eigenvalue weighted by molar-refractivity contribution is 0.533. The van der Waals surface area contributed by atoms with Crippen LogP contribution < -0.4 is 0 Å². The Hall–Kier alpha value is -2.24. The van der Waals surface area contributed by atoms with Crippen LogP contribution in [0.3, 0.4) is 0 Å². The Labute approximate surface area is 97.7 Å². The zero-order valence-electron chi connectivity index (χ0n) is 9.56. The first kappa shape index (κ1) is 12.8. The molecule has 0 atom stereocenters. The third-order valence-corrected chi connectivity index (χ3v) is 2.21. The highest BCUT2D eigenvalue weighted by molar-refractivity contribution is 5.10. The lowest BCUT2D eigenvalue weighted by Crippen LogP contribution is -2.05. The SMILES string of the molecule is CCCCn1nnc(CN=[N+]=[N-])c1CN=[N+]=[N-]. The quantitative estimate of drug-likeness (QED) is 0.408. The predicted octanol–water partition coefficient (Wildman–Crippen LogP) is 2.70. The Morgan fingerprint density at radius 2 is 1.94 bits per heavy atom. The zero-order valence-corrected chi connectivity index (χ0v) is 9.56. The molecule has 17 heavy (non-hydrogen) atoms. The average molecular weight is 235 g/mol. The maximum Gasteiger partial charge on any atom is 0.0918 e. The second kappa shape index (κ2) is 7.10. The molecule has 0 N–H and O–H groups in total. The molecule has 1 heterocycles. The van der Waals surface area contributed by atoms with E-state index in [4.69, 9.17) is 11.1 Å². The van der Waals surface area contributed by atoms with E-state index in [9.17, 15) is 0 Å². The van der Waals surface area contributed by atoms with Crippen LogP contribution >= 0.6 is 0 Å². The third-order valence-electron chi connectivity index (χ3n) is 2.21. The lowest BCUT2D eigenvalue weighted by Gasteiger charge is -2.03. The fourth-order valence-corrected chi connectivity index (χ4v) is 1.35. The Kier molecular flexibility index (Phi) is 5.36. The highest BCUT2D eigenvalue weighted by Gasteiger charge is 2.10. The van der Waals surface area contributed by atoms with Crippen LogP contribution in [0.1, 0.15) is 31.2 Å². The summed E-state index contributed by atoms with van der Waals surface area (Å²) in [5.41, 5.74) is 17.9. The van der Waals surface area contributed by atoms with Crippen molar-refractivity contribution in [1.82, 2.24) is 15.0 Å². The van der Waals surface area contributed by atoms with Crippen molar-refractivity contribution in [2.75, 3.05) is 0 Å². The van der Waals surface area contributed by atoms with Crippen molar-refractivity contribution < 1.29 is 0 Å². The van der Waals surface area contributed by atoms with Crippen molar-refractivity contribution in [2.45, 2.75) is 39.4 Å². The summed E-state index contributed by atoms with van der Waals surface area (Å²) >= 11 is 0. The Bertz CT molecular complexity index is 450. The molecule has 9 heteroatoms. The van der Waals surface area contributed by atoms with Crippen LogP contribution in [0.4, 0.5) is 0 Å². The van der Waals surface area contributed by atoms with E-state index in [2.05, 4.69) is 37.3 Å². The summed E-state index contributed by atoms with van der Waals surface area (Å²) in [6.07, 6.45) is 2.00. The Morgan fingerprint density at radius 3 is 2.59 bits per heavy atom. The fourth-order valence-electron chi connectivity index (χ4n) is 1.35. The average Bonchev–Trinajstić information content (AvgIpc) is 2.73. The third kappa shape index (κ3) is 3.67. The first-order valence-corrected chi connectivity index (χ1v) is 5.26. The van der Waals surface area contributed by atoms with Gasteiger partial charge in [-0.25, -0.2) is 4.68 Å². The number of hydrogen-bond acceptors (Lipinski definition) is 4. The molecule has 0 aromatic carbocycles. The van der Waals surface area contributed by atoms with Crippen molar-refractivity contribution in [3.05, 3.63) is 32.3 Å². The van der Waals surface area contributed by atoms with E-state index in [0.717, 1.165) is 19.4 Å². The largest absolute Gasteiger partial charge is 0.249 e. The van der Waals surface area contributed by atoms with Gasteiger partial charge in [0.05, 0.1) is 24.5 Å². The van der Waals surface area contributed by atoms with Crippen molar-refractivity contribution >= 4 is 0 Å². The molecule has 0 bridgehead atoms. The van der Waals surface area contributed by atoms with Gasteiger partial charge < -0.3 is 0 Å². The molecule has 90 valence electrons. The van der Waals surface area contributed by atoms with Crippen LogP contribution in [-0.2, 0) is 19.6 Å². The molecule has 0 fully saturated rings. The number of aryl methyl sites for hydroxylation is 1. The predicted molar refractivity (Wildman–Crippen MR) is 60.6 cm³/mol. The van der Waals surface area contributed by atoms with Crippen molar-refractivity contribution in [3.63, 3.8) is 0 Å². The van der Waals surface area contributed by atoms with E-state index in [0.29, 0.717) is 11.4 Å². The van der Waals surface area contributed by atoms with Crippen molar-refractivity contribution in [2.24, 2.45) is 10.2 Å². The van der Waals surface area contributed by atoms with E-state index in [1.165, 1.54) is 0 Å². The first-order chi connectivity index (χ1) is 8.33. The van der Waals surface area contributed by atoms with Gasteiger partial charge in [-0.2, -0.15) is 0 Å². The smallest absolute Gasteiger partial charge is 0.0918 e. The molecule has 0 aliphatic carbocycles. The van der Waals surface area contributed by atoms with Crippen molar-refractivity contribution in [1.29, 1.82) is 0 Å². The van der Waals surface area contributed by atoms with Gasteiger partial charge in [0.1, 0.15) is 0 Å². The molecular formula is C8H13N9. The summed E-state index contributed by atoms with van der Waals surface area (Å²) in [5, 5.41) is 14.8. The summed E-state index contributed by atoms with van der Waals surface area (Å²) < 4.78 is 1.69. The van der Waals surface area contributed by atoms with Gasteiger partial charge in [0.2, 0.25) is 0 Å². The van der Waals surface area contributed by atoms with Gasteiger partial charge in [-0.1, -0.05) is 28.8 Å². The van der Waals surface area contributed by atoms with E-state index in [1.54, 1.807) is 4.68 Å². The van der Waals surface area contributed by atoms with Gasteiger partial charge in [-0.3, -0.25) is 0 Å². The number of rotatable bonds is 7. The maximum atomic E-state index is 8.33. The molecule has 1 aromatic heterocycles. The lowest BCUT2D eigenvalue weighted by atomic mass is 10.3. The van der Waals surface area contributed by atoms with Crippen LogP contribution in [0.5, 0.6) is 0 Å². The molecule has 0 aliphatic heterocycles. The van der Waals surface area contributed by atoms with Crippen LogP contribution in [0, 0.1) is 0 Å². The highest BCUT2D eigenvalue weighted by Crippen LogP contribution is 2.10. The van der Waals surface area contributed by atoms with Crippen LogP contribution in [-0.4, -0.2) is 15.0 Å². The molecule has 1 rings (SSSR count). The molecule has 0 saturated carbocycles. The normalized spacial score (nSPS) is 9.47. The van der Waals surface area contributed by atoms with Crippen LogP contribution in [0.25, 0.3) is 20.9 Å². The summed E-state index contributed by atoms with van der Waals surface area (Å²) in [6, 6.07) is 0. The molecule has 0 unspecified atom stereocenters. The van der Waals surface area contributed by atoms with E-state index < -0.39 is 0 Å². The minimum absolute atomic E-state index is 0.124. The Morgan fingerprint density at radius 1 is 1.24 bits per heavy atom. The van der Waals surface area contributed by atoms with Gasteiger partial charge in [0.15, 0.2) is 0 Å². The summed E-state index contributed by atoms with van der Waals surface area (Å²) in [7, 11) is 0. The summed E-state index contributed by atoms with van der Waals surface area (Å²) in [5.74, 6) is 0. The van der Waals surface area contributed by atoms with Gasteiger partial charge >= 0.3 is 0 Å². The monoisotopic (exact) mass is 235 g/mol. The number of unbranched alkanes of at least 4 members (excludes halogenated alkanes) is 1. The molecule has 0 saturated heterocycles. The summed E-state index contributed by atoms with van der Waals surface area (Å²) in [6.45, 7) is 3.09. The van der Waals surface area contributed by atoms with E-state index >= 15 is 0 Å². The number of hydrogen-bond donors (Lipinski definition) is 0. The fraction of sp³-hybridized carbons (Fsp3) is 0.750. The minimum atomic E-state index is 0.124. The number of aromatic nitrogens is 3. The van der Waals surface area contributed by atoms with Crippen LogP contribution in [0.2, 0.25) is 0 Å². The van der Waals surface area contributed by atoms with Crippen LogP contribution in [0.15, 0.2) is 10.2 Å². The topological polar surface area (TPSA) is 128 Å². The first-order valence-electron chi connectivity index (χ1n) is 5.26. The highest BCUT2D eigenvalue weighted by atomic mass is 15.4. The van der Waals surface area contributed by atoms with Gasteiger partial charge in [-0.05, 0) is 17.5 Å². The Balaban J connectivity index is 2.91.